The van der Waals surface area contributed by atoms with Gasteiger partial charge in [0.15, 0.2) is 17.3 Å². The van der Waals surface area contributed by atoms with Gasteiger partial charge in [0.1, 0.15) is 0 Å². The number of likely N-dealkylation sites (tertiary alicyclic amines) is 1. The summed E-state index contributed by atoms with van der Waals surface area (Å²) in [7, 11) is -4.04. The van der Waals surface area contributed by atoms with Gasteiger partial charge in [-0.3, -0.25) is 15.0 Å². The Morgan fingerprint density at radius 2 is 1.69 bits per heavy atom. The SMILES string of the molecule is CC(NS(=O)(=O)c1ccc2ccccc2c1)C(=O)C(N)(C(=O)NCC1CCN(C(=N)N)CC1)C1CCCCC1. The molecule has 1 aliphatic carbocycles. The highest BCUT2D eigenvalue weighted by Gasteiger charge is 2.50. The van der Waals surface area contributed by atoms with Crippen molar-refractivity contribution in [1.29, 1.82) is 5.41 Å². The van der Waals surface area contributed by atoms with Gasteiger partial charge < -0.3 is 21.7 Å². The molecule has 212 valence electrons. The number of sulfonamides is 1. The molecule has 1 saturated carbocycles. The minimum atomic E-state index is -4.04. The lowest BCUT2D eigenvalue weighted by atomic mass is 9.71. The number of ketones is 1. The van der Waals surface area contributed by atoms with Crippen molar-refractivity contribution < 1.29 is 18.0 Å². The number of nitrogens with zero attached hydrogens (tertiary/aromatic N) is 1. The molecule has 1 amide bonds. The minimum absolute atomic E-state index is 0.0430. The van der Waals surface area contributed by atoms with Crippen LogP contribution >= 0.6 is 0 Å². The highest BCUT2D eigenvalue weighted by Crippen LogP contribution is 2.33. The van der Waals surface area contributed by atoms with Crippen molar-refractivity contribution in [1.82, 2.24) is 14.9 Å². The zero-order valence-corrected chi connectivity index (χ0v) is 23.3. The Morgan fingerprint density at radius 1 is 1.05 bits per heavy atom. The molecule has 0 radical (unpaired) electrons. The second-order valence-electron chi connectivity index (χ2n) is 10.9. The number of fused-ring (bicyclic) bond motifs is 1. The van der Waals surface area contributed by atoms with Crippen LogP contribution in [0.4, 0.5) is 0 Å². The molecule has 2 aliphatic rings. The highest BCUT2D eigenvalue weighted by molar-refractivity contribution is 7.89. The van der Waals surface area contributed by atoms with E-state index in [0.29, 0.717) is 32.5 Å². The lowest BCUT2D eigenvalue weighted by molar-refractivity contribution is -0.140. The van der Waals surface area contributed by atoms with Crippen LogP contribution in [0.2, 0.25) is 0 Å². The first kappa shape index (κ1) is 29.0. The zero-order chi connectivity index (χ0) is 28.2. The van der Waals surface area contributed by atoms with Gasteiger partial charge in [-0.25, -0.2) is 13.1 Å². The fraction of sp³-hybridized carbons (Fsp3) is 0.536. The Morgan fingerprint density at radius 3 is 2.33 bits per heavy atom. The van der Waals surface area contributed by atoms with Crippen molar-refractivity contribution in [2.75, 3.05) is 19.6 Å². The van der Waals surface area contributed by atoms with E-state index in [9.17, 15) is 18.0 Å². The molecular weight excluding hydrogens is 516 g/mol. The summed E-state index contributed by atoms with van der Waals surface area (Å²) in [4.78, 5) is 29.3. The summed E-state index contributed by atoms with van der Waals surface area (Å²) < 4.78 is 29.0. The predicted molar refractivity (Wildman–Crippen MR) is 151 cm³/mol. The summed E-state index contributed by atoms with van der Waals surface area (Å²) in [6.07, 6.45) is 5.54. The third-order valence-electron chi connectivity index (χ3n) is 8.30. The normalized spacial score (nSPS) is 19.8. The van der Waals surface area contributed by atoms with E-state index >= 15 is 0 Å². The average molecular weight is 557 g/mol. The second-order valence-corrected chi connectivity index (χ2v) is 12.7. The van der Waals surface area contributed by atoms with E-state index < -0.39 is 33.3 Å². The zero-order valence-electron chi connectivity index (χ0n) is 22.5. The first-order valence-corrected chi connectivity index (χ1v) is 15.2. The number of guanidine groups is 1. The molecule has 0 spiro atoms. The molecule has 0 aromatic heterocycles. The molecule has 2 fully saturated rings. The molecule has 11 heteroatoms. The van der Waals surface area contributed by atoms with Gasteiger partial charge in [0.2, 0.25) is 15.9 Å². The number of Topliss-reactive ketones (excluding diaryl/α,β-unsaturated/α-hetero) is 1. The molecule has 1 aliphatic heterocycles. The van der Waals surface area contributed by atoms with E-state index in [1.54, 1.807) is 17.0 Å². The molecule has 7 N–H and O–H groups in total. The number of nitrogens with one attached hydrogen (secondary N) is 3. The van der Waals surface area contributed by atoms with E-state index in [0.717, 1.165) is 42.9 Å². The van der Waals surface area contributed by atoms with Crippen molar-refractivity contribution >= 4 is 38.4 Å². The maximum absolute atomic E-state index is 13.8. The maximum atomic E-state index is 13.8. The quantitative estimate of drug-likeness (QED) is 0.179. The smallest absolute Gasteiger partial charge is 0.248 e. The molecule has 0 bridgehead atoms. The van der Waals surface area contributed by atoms with Crippen LogP contribution < -0.4 is 21.5 Å². The molecular formula is C28H40N6O4S. The van der Waals surface area contributed by atoms with Crippen molar-refractivity contribution in [3.63, 3.8) is 0 Å². The van der Waals surface area contributed by atoms with E-state index in [2.05, 4.69) is 10.0 Å². The fourth-order valence-electron chi connectivity index (χ4n) is 5.86. The van der Waals surface area contributed by atoms with Crippen LogP contribution in [0.3, 0.4) is 0 Å². The molecule has 2 aromatic rings. The number of benzene rings is 2. The Bertz CT molecular complexity index is 1320. The summed E-state index contributed by atoms with van der Waals surface area (Å²) in [6.45, 7) is 3.09. The first-order valence-electron chi connectivity index (χ1n) is 13.7. The standard InChI is InChI=1S/C28H40N6O4S/c1-19(33-39(37,38)24-12-11-21-7-5-6-8-22(21)17-24)25(35)28(31,23-9-3-2-4-10-23)26(36)32-18-20-13-15-34(16-14-20)27(29)30/h5-8,11-12,17,19-20,23,33H,2-4,9-10,13-16,18,31H2,1H3,(H3,29,30)(H,32,36). The lowest BCUT2D eigenvalue weighted by Gasteiger charge is -2.39. The molecule has 1 saturated heterocycles. The molecule has 1 heterocycles. The average Bonchev–Trinajstić information content (AvgIpc) is 2.95. The van der Waals surface area contributed by atoms with Crippen molar-refractivity contribution in [3.05, 3.63) is 42.5 Å². The third-order valence-corrected chi connectivity index (χ3v) is 9.83. The number of piperidine rings is 1. The number of hydrogen-bond acceptors (Lipinski definition) is 6. The highest BCUT2D eigenvalue weighted by atomic mass is 32.2. The number of amides is 1. The summed E-state index contributed by atoms with van der Waals surface area (Å²) >= 11 is 0. The number of nitrogens with two attached hydrogens (primary N) is 2. The molecule has 2 aromatic carbocycles. The Hall–Kier alpha value is -3.02. The van der Waals surface area contributed by atoms with E-state index in [-0.39, 0.29) is 22.7 Å². The number of hydrogen-bond donors (Lipinski definition) is 5. The Labute approximate surface area is 230 Å². The van der Waals surface area contributed by atoms with Crippen molar-refractivity contribution in [3.8, 4) is 0 Å². The van der Waals surface area contributed by atoms with Gasteiger partial charge in [0.25, 0.3) is 0 Å². The van der Waals surface area contributed by atoms with Crippen LogP contribution in [0.5, 0.6) is 0 Å². The minimum Gasteiger partial charge on any atom is -0.370 e. The molecule has 2 unspecified atom stereocenters. The van der Waals surface area contributed by atoms with E-state index in [1.807, 2.05) is 24.3 Å². The largest absolute Gasteiger partial charge is 0.370 e. The van der Waals surface area contributed by atoms with Gasteiger partial charge in [-0.15, -0.1) is 0 Å². The fourth-order valence-corrected chi connectivity index (χ4v) is 7.10. The number of carbonyl (C=O) groups is 2. The van der Waals surface area contributed by atoms with Crippen LogP contribution in [0, 0.1) is 17.2 Å². The van der Waals surface area contributed by atoms with Crippen molar-refractivity contribution in [2.45, 2.75) is 68.3 Å². The molecule has 39 heavy (non-hydrogen) atoms. The third kappa shape index (κ3) is 6.42. The number of rotatable bonds is 9. The molecule has 4 rings (SSSR count). The molecule has 10 nitrogen and oxygen atoms in total. The van der Waals surface area contributed by atoms with Gasteiger partial charge in [-0.2, -0.15) is 0 Å². The van der Waals surface area contributed by atoms with Gasteiger partial charge in [0, 0.05) is 19.6 Å². The van der Waals surface area contributed by atoms with Gasteiger partial charge in [-0.1, -0.05) is 49.6 Å². The predicted octanol–water partition coefficient (Wildman–Crippen LogP) is 2.08. The number of carbonyl (C=O) groups excluding carboxylic acids is 2. The van der Waals surface area contributed by atoms with Crippen LogP contribution in [0.1, 0.15) is 51.9 Å². The van der Waals surface area contributed by atoms with Crippen LogP contribution in [-0.2, 0) is 19.6 Å². The maximum Gasteiger partial charge on any atom is 0.248 e. The van der Waals surface area contributed by atoms with Gasteiger partial charge >= 0.3 is 0 Å². The first-order chi connectivity index (χ1) is 18.5. The van der Waals surface area contributed by atoms with Gasteiger partial charge in [-0.05, 0) is 67.3 Å². The van der Waals surface area contributed by atoms with Gasteiger partial charge in [0.05, 0.1) is 10.9 Å². The Kier molecular flexibility index (Phi) is 8.93. The van der Waals surface area contributed by atoms with Crippen molar-refractivity contribution in [2.24, 2.45) is 23.3 Å². The monoisotopic (exact) mass is 556 g/mol. The summed E-state index contributed by atoms with van der Waals surface area (Å²) in [5.41, 5.74) is 10.5. The lowest BCUT2D eigenvalue weighted by Crippen LogP contribution is -2.68. The van der Waals surface area contributed by atoms with Crippen LogP contribution in [-0.4, -0.2) is 62.2 Å². The van der Waals surface area contributed by atoms with E-state index in [4.69, 9.17) is 16.9 Å². The van der Waals surface area contributed by atoms with Crippen LogP contribution in [0.25, 0.3) is 10.8 Å². The van der Waals surface area contributed by atoms with Crippen LogP contribution in [0.15, 0.2) is 47.4 Å². The van der Waals surface area contributed by atoms with E-state index in [1.165, 1.54) is 13.0 Å². The topological polar surface area (TPSA) is 171 Å². The summed E-state index contributed by atoms with van der Waals surface area (Å²) in [5.74, 6) is -1.32. The Balaban J connectivity index is 1.49. The summed E-state index contributed by atoms with van der Waals surface area (Å²) in [6, 6.07) is 11.0. The summed E-state index contributed by atoms with van der Waals surface area (Å²) in [5, 5.41) is 12.2. The second kappa shape index (κ2) is 12.0. The molecule has 2 atom stereocenters.